The second kappa shape index (κ2) is 9.70. The second-order valence-corrected chi connectivity index (χ2v) is 13.4. The number of thiazole rings is 1. The van der Waals surface area contributed by atoms with Crippen molar-refractivity contribution in [3.05, 3.63) is 56.3 Å². The summed E-state index contributed by atoms with van der Waals surface area (Å²) in [5, 5.41) is 6.81. The minimum atomic E-state index is -3.66. The van der Waals surface area contributed by atoms with Crippen LogP contribution in [0.4, 0.5) is 11.4 Å². The lowest BCUT2D eigenvalue weighted by atomic mass is 10.1. The number of halogens is 1. The van der Waals surface area contributed by atoms with Crippen molar-refractivity contribution in [2.45, 2.75) is 30.1 Å². The van der Waals surface area contributed by atoms with Crippen LogP contribution in [0.1, 0.15) is 28.4 Å². The second-order valence-electron chi connectivity index (χ2n) is 8.67. The van der Waals surface area contributed by atoms with Gasteiger partial charge in [0.25, 0.3) is 10.0 Å². The van der Waals surface area contributed by atoms with Crippen molar-refractivity contribution < 1.29 is 13.2 Å². The Morgan fingerprint density at radius 2 is 2.03 bits per heavy atom. The first-order valence-electron chi connectivity index (χ1n) is 11.3. The van der Waals surface area contributed by atoms with Gasteiger partial charge in [-0.3, -0.25) is 14.0 Å². The van der Waals surface area contributed by atoms with Gasteiger partial charge < -0.3 is 10.2 Å². The van der Waals surface area contributed by atoms with Gasteiger partial charge in [0.05, 0.1) is 17.4 Å². The van der Waals surface area contributed by atoms with Crippen LogP contribution in [0.2, 0.25) is 5.02 Å². The van der Waals surface area contributed by atoms with Gasteiger partial charge in [0.15, 0.2) is 0 Å². The van der Waals surface area contributed by atoms with E-state index >= 15 is 0 Å². The van der Waals surface area contributed by atoms with Crippen LogP contribution in [0.25, 0.3) is 0 Å². The van der Waals surface area contributed by atoms with Gasteiger partial charge in [-0.2, -0.15) is 0 Å². The molecule has 4 heterocycles. The number of rotatable bonds is 6. The van der Waals surface area contributed by atoms with Crippen molar-refractivity contribution in [3.8, 4) is 0 Å². The third kappa shape index (κ3) is 4.79. The summed E-state index contributed by atoms with van der Waals surface area (Å²) in [6, 6.07) is 6.77. The fourth-order valence-electron chi connectivity index (χ4n) is 4.48. The number of anilines is 2. The molecule has 0 aliphatic carbocycles. The van der Waals surface area contributed by atoms with E-state index in [-0.39, 0.29) is 11.9 Å². The number of fused-ring (bicyclic) bond motifs is 1. The van der Waals surface area contributed by atoms with E-state index in [2.05, 4.69) is 15.2 Å². The molecule has 0 spiro atoms. The van der Waals surface area contributed by atoms with Crippen LogP contribution in [-0.4, -0.2) is 62.3 Å². The zero-order valence-corrected chi connectivity index (χ0v) is 22.6. The van der Waals surface area contributed by atoms with Gasteiger partial charge in [0.2, 0.25) is 5.91 Å². The summed E-state index contributed by atoms with van der Waals surface area (Å²) >= 11 is 9.38. The van der Waals surface area contributed by atoms with Crippen molar-refractivity contribution in [2.24, 2.45) is 0 Å². The largest absolute Gasteiger partial charge is 0.374 e. The van der Waals surface area contributed by atoms with Gasteiger partial charge in [-0.1, -0.05) is 17.7 Å². The van der Waals surface area contributed by atoms with E-state index in [1.807, 2.05) is 11.1 Å². The number of sulfonamides is 1. The number of carbonyl (C=O) groups is 1. The molecule has 5 rings (SSSR count). The number of amides is 1. The Bertz CT molecular complexity index is 1330. The summed E-state index contributed by atoms with van der Waals surface area (Å²) in [7, 11) is -2.09. The average molecular weight is 552 g/mol. The van der Waals surface area contributed by atoms with Gasteiger partial charge in [-0.25, -0.2) is 13.4 Å². The van der Waals surface area contributed by atoms with Crippen LogP contribution < -0.4 is 9.62 Å². The maximum absolute atomic E-state index is 13.1. The predicted octanol–water partition coefficient (Wildman–Crippen LogP) is 4.06. The highest BCUT2D eigenvalue weighted by Gasteiger charge is 2.33. The fraction of sp³-hybridized carbons (Fsp3) is 0.391. The third-order valence-electron chi connectivity index (χ3n) is 6.48. The van der Waals surface area contributed by atoms with Crippen molar-refractivity contribution in [3.63, 3.8) is 0 Å². The molecule has 186 valence electrons. The van der Waals surface area contributed by atoms with Gasteiger partial charge >= 0.3 is 0 Å². The maximum Gasteiger partial charge on any atom is 0.273 e. The predicted molar refractivity (Wildman–Crippen MR) is 141 cm³/mol. The molecule has 1 unspecified atom stereocenters. The number of piperazine rings is 1. The molecule has 1 fully saturated rings. The number of hydrogen-bond acceptors (Lipinski definition) is 8. The zero-order valence-electron chi connectivity index (χ0n) is 19.4. The first kappa shape index (κ1) is 24.5. The Balaban J connectivity index is 1.32. The molecule has 1 saturated heterocycles. The number of hydrogen-bond donors (Lipinski definition) is 1. The van der Waals surface area contributed by atoms with E-state index < -0.39 is 10.0 Å². The monoisotopic (exact) mass is 551 g/mol. The fourth-order valence-corrected chi connectivity index (χ4v) is 8.10. The zero-order chi connectivity index (χ0) is 24.7. The van der Waals surface area contributed by atoms with Crippen molar-refractivity contribution in [1.29, 1.82) is 0 Å². The highest BCUT2D eigenvalue weighted by Crippen LogP contribution is 2.45. The molecular weight excluding hydrogens is 526 g/mol. The Hall–Kier alpha value is -2.18. The first-order valence-corrected chi connectivity index (χ1v) is 14.8. The van der Waals surface area contributed by atoms with Crippen molar-refractivity contribution in [1.82, 2.24) is 14.8 Å². The summed E-state index contributed by atoms with van der Waals surface area (Å²) in [6.07, 6.45) is 2.55. The van der Waals surface area contributed by atoms with Crippen LogP contribution in [0.3, 0.4) is 0 Å². The SMILES string of the molecule is CC(=O)N1CCN(Cc2cnc(C3Cc4c(Cl)ccc(N(C)S(=O)(=O)c5cccs5)c4N3)s2)CC1. The number of aromatic nitrogens is 1. The number of thiophene rings is 1. The standard InChI is InChI=1S/C23H26ClN5O3S3/c1-15(30)29-9-7-28(8-10-29)14-16-13-25-23(34-16)19-12-17-18(24)5-6-20(22(17)26-19)27(2)35(31,32)21-4-3-11-33-21/h3-6,11,13,19,26H,7-10,12,14H2,1-2H3. The molecule has 8 nitrogen and oxygen atoms in total. The summed E-state index contributed by atoms with van der Waals surface area (Å²) in [4.78, 5) is 21.6. The topological polar surface area (TPSA) is 85.9 Å². The summed E-state index contributed by atoms with van der Waals surface area (Å²) < 4.78 is 27.9. The average Bonchev–Trinajstić information content (AvgIpc) is 3.60. The molecule has 2 aliphatic heterocycles. The van der Waals surface area contributed by atoms with E-state index in [0.29, 0.717) is 21.3 Å². The normalized spacial score (nSPS) is 18.4. The van der Waals surface area contributed by atoms with Gasteiger partial charge in [0.1, 0.15) is 9.22 Å². The quantitative estimate of drug-likeness (QED) is 0.497. The summed E-state index contributed by atoms with van der Waals surface area (Å²) in [6.45, 7) is 5.63. The molecule has 1 aromatic carbocycles. The number of carbonyl (C=O) groups excluding carboxylic acids is 1. The minimum absolute atomic E-state index is 0.0743. The van der Waals surface area contributed by atoms with Gasteiger partial charge in [0, 0.05) is 69.2 Å². The van der Waals surface area contributed by atoms with Crippen LogP contribution in [-0.2, 0) is 27.8 Å². The molecular formula is C23H26ClN5O3S3. The lowest BCUT2D eigenvalue weighted by molar-refractivity contribution is -0.130. The van der Waals surface area contributed by atoms with E-state index in [1.165, 1.54) is 15.6 Å². The molecule has 35 heavy (non-hydrogen) atoms. The Morgan fingerprint density at radius 3 is 2.71 bits per heavy atom. The van der Waals surface area contributed by atoms with E-state index in [9.17, 15) is 13.2 Å². The van der Waals surface area contributed by atoms with Crippen LogP contribution in [0, 0.1) is 0 Å². The smallest absolute Gasteiger partial charge is 0.273 e. The lowest BCUT2D eigenvalue weighted by Gasteiger charge is -2.33. The molecule has 2 aromatic heterocycles. The molecule has 2 aliphatic rings. The highest BCUT2D eigenvalue weighted by molar-refractivity contribution is 7.94. The lowest BCUT2D eigenvalue weighted by Crippen LogP contribution is -2.47. The van der Waals surface area contributed by atoms with Crippen LogP contribution in [0.5, 0.6) is 0 Å². The Morgan fingerprint density at radius 1 is 1.26 bits per heavy atom. The summed E-state index contributed by atoms with van der Waals surface area (Å²) in [5.74, 6) is 0.128. The van der Waals surface area contributed by atoms with Crippen molar-refractivity contribution in [2.75, 3.05) is 42.8 Å². The number of nitrogens with zero attached hydrogens (tertiary/aromatic N) is 4. The minimum Gasteiger partial charge on any atom is -0.374 e. The number of nitrogens with one attached hydrogen (secondary N) is 1. The molecule has 0 radical (unpaired) electrons. The molecule has 12 heteroatoms. The number of benzene rings is 1. The van der Waals surface area contributed by atoms with Gasteiger partial charge in [-0.15, -0.1) is 22.7 Å². The Kier molecular flexibility index (Phi) is 6.79. The molecule has 1 atom stereocenters. The highest BCUT2D eigenvalue weighted by atomic mass is 35.5. The van der Waals surface area contributed by atoms with Crippen molar-refractivity contribution >= 4 is 61.6 Å². The Labute approximate surface area is 218 Å². The third-order valence-corrected chi connectivity index (χ3v) is 11.1. The molecule has 3 aromatic rings. The molecule has 1 N–H and O–H groups in total. The maximum atomic E-state index is 13.1. The van der Waals surface area contributed by atoms with E-state index in [4.69, 9.17) is 11.6 Å². The molecule has 1 amide bonds. The van der Waals surface area contributed by atoms with Crippen LogP contribution in [0.15, 0.2) is 40.1 Å². The summed E-state index contributed by atoms with van der Waals surface area (Å²) in [5.41, 5.74) is 2.21. The van der Waals surface area contributed by atoms with Gasteiger partial charge in [-0.05, 0) is 29.1 Å². The van der Waals surface area contributed by atoms with E-state index in [1.54, 1.807) is 55.0 Å². The molecule has 0 bridgehead atoms. The first-order chi connectivity index (χ1) is 16.7. The molecule has 0 saturated carbocycles. The van der Waals surface area contributed by atoms with E-state index in [0.717, 1.165) is 53.9 Å². The van der Waals surface area contributed by atoms with Crippen LogP contribution >= 0.6 is 34.3 Å².